The molecule has 0 radical (unpaired) electrons. The summed E-state index contributed by atoms with van der Waals surface area (Å²) in [5, 5.41) is 4.11. The highest BCUT2D eigenvalue weighted by Gasteiger charge is 2.15. The molecule has 0 bridgehead atoms. The van der Waals surface area contributed by atoms with Gasteiger partial charge >= 0.3 is 0 Å². The number of aromatic nitrogens is 2. The van der Waals surface area contributed by atoms with E-state index in [1.54, 1.807) is 36.4 Å². The maximum Gasteiger partial charge on any atom is 0.255 e. The Morgan fingerprint density at radius 3 is 2.63 bits per heavy atom. The van der Waals surface area contributed by atoms with Crippen molar-refractivity contribution in [2.24, 2.45) is 0 Å². The van der Waals surface area contributed by atoms with Crippen molar-refractivity contribution < 1.29 is 9.53 Å². The van der Waals surface area contributed by atoms with Gasteiger partial charge < -0.3 is 14.5 Å². The third-order valence-electron chi connectivity index (χ3n) is 4.48. The molecule has 8 heteroatoms. The summed E-state index contributed by atoms with van der Waals surface area (Å²) in [6.07, 6.45) is 3.81. The third-order valence-corrected chi connectivity index (χ3v) is 5.52. The Bertz CT molecular complexity index is 1240. The Hall–Kier alpha value is -2.73. The fourth-order valence-corrected chi connectivity index (χ4v) is 3.65. The number of ether oxygens (including phenoxy) is 1. The topological polar surface area (TPSA) is 55.6 Å². The van der Waals surface area contributed by atoms with E-state index in [9.17, 15) is 4.79 Å². The van der Waals surface area contributed by atoms with Crippen LogP contribution >= 0.6 is 34.8 Å². The standard InChI is InChI=1S/C22H16Cl3N3O2/c1-13-11-28-10-2-3-19(21(28)26-13)30-12-16-17(24)8-9-18(20(16)25)27-22(29)14-4-6-15(23)7-5-14/h2-11H,12H2,1H3,(H,27,29). The molecule has 0 atom stereocenters. The third kappa shape index (κ3) is 4.24. The number of imidazole rings is 1. The number of aryl methyl sites for hydroxylation is 1. The quantitative estimate of drug-likeness (QED) is 0.373. The maximum absolute atomic E-state index is 12.5. The van der Waals surface area contributed by atoms with Gasteiger partial charge in [0.1, 0.15) is 6.61 Å². The zero-order valence-corrected chi connectivity index (χ0v) is 18.1. The number of hydrogen-bond donors (Lipinski definition) is 1. The highest BCUT2D eigenvalue weighted by Crippen LogP contribution is 2.33. The largest absolute Gasteiger partial charge is 0.485 e. The lowest BCUT2D eigenvalue weighted by Crippen LogP contribution is -2.13. The fraction of sp³-hybridized carbons (Fsp3) is 0.0909. The molecule has 0 aliphatic heterocycles. The summed E-state index contributed by atoms with van der Waals surface area (Å²) in [4.78, 5) is 17.0. The molecule has 2 aromatic heterocycles. The summed E-state index contributed by atoms with van der Waals surface area (Å²) >= 11 is 18.8. The highest BCUT2D eigenvalue weighted by atomic mass is 35.5. The lowest BCUT2D eigenvalue weighted by molar-refractivity contribution is 0.102. The van der Waals surface area contributed by atoms with Crippen LogP contribution in [0, 0.1) is 6.92 Å². The average molecular weight is 461 g/mol. The van der Waals surface area contributed by atoms with Crippen molar-refractivity contribution in [3.05, 3.63) is 92.8 Å². The van der Waals surface area contributed by atoms with E-state index in [1.807, 2.05) is 35.9 Å². The van der Waals surface area contributed by atoms with Crippen molar-refractivity contribution in [2.75, 3.05) is 5.32 Å². The van der Waals surface area contributed by atoms with Crippen LogP contribution in [0.1, 0.15) is 21.6 Å². The number of fused-ring (bicyclic) bond motifs is 1. The maximum atomic E-state index is 12.5. The molecule has 1 N–H and O–H groups in total. The molecule has 2 aromatic carbocycles. The molecule has 30 heavy (non-hydrogen) atoms. The van der Waals surface area contributed by atoms with Crippen LogP contribution in [-0.2, 0) is 6.61 Å². The number of benzene rings is 2. The number of nitrogens with zero attached hydrogens (tertiary/aromatic N) is 2. The van der Waals surface area contributed by atoms with Gasteiger partial charge in [-0.25, -0.2) is 4.98 Å². The second-order valence-electron chi connectivity index (χ2n) is 6.62. The first-order chi connectivity index (χ1) is 14.4. The van der Waals surface area contributed by atoms with E-state index in [0.29, 0.717) is 43.3 Å². The molecule has 5 nitrogen and oxygen atoms in total. The van der Waals surface area contributed by atoms with Crippen molar-refractivity contribution >= 4 is 52.0 Å². The van der Waals surface area contributed by atoms with E-state index in [2.05, 4.69) is 10.3 Å². The van der Waals surface area contributed by atoms with Gasteiger partial charge in [-0.3, -0.25) is 4.79 Å². The molecule has 152 valence electrons. The summed E-state index contributed by atoms with van der Waals surface area (Å²) in [6.45, 7) is 2.03. The predicted octanol–water partition coefficient (Wildman–Crippen LogP) is 6.43. The minimum absolute atomic E-state index is 0.119. The number of anilines is 1. The lowest BCUT2D eigenvalue weighted by atomic mass is 10.1. The molecule has 0 aliphatic rings. The molecule has 0 saturated carbocycles. The van der Waals surface area contributed by atoms with Crippen LogP contribution < -0.4 is 10.1 Å². The Kier molecular flexibility index (Phi) is 5.86. The fourth-order valence-electron chi connectivity index (χ4n) is 2.99. The van der Waals surface area contributed by atoms with Crippen molar-refractivity contribution in [3.63, 3.8) is 0 Å². The second-order valence-corrected chi connectivity index (χ2v) is 7.84. The zero-order valence-electron chi connectivity index (χ0n) is 15.8. The number of amides is 1. The van der Waals surface area contributed by atoms with Gasteiger partial charge in [0, 0.05) is 33.6 Å². The second kappa shape index (κ2) is 8.56. The summed E-state index contributed by atoms with van der Waals surface area (Å²) in [6, 6.07) is 13.6. The minimum atomic E-state index is -0.305. The van der Waals surface area contributed by atoms with Gasteiger partial charge in [0.05, 0.1) is 16.4 Å². The summed E-state index contributed by atoms with van der Waals surface area (Å²) in [5.41, 5.74) is 3.06. The van der Waals surface area contributed by atoms with Crippen LogP contribution in [0.5, 0.6) is 5.75 Å². The molecule has 4 rings (SSSR count). The number of rotatable bonds is 5. The minimum Gasteiger partial charge on any atom is -0.485 e. The molecule has 2 heterocycles. The van der Waals surface area contributed by atoms with Crippen molar-refractivity contribution in [2.45, 2.75) is 13.5 Å². The summed E-state index contributed by atoms with van der Waals surface area (Å²) in [5.74, 6) is 0.300. The number of carbonyl (C=O) groups excluding carboxylic acids is 1. The normalized spacial score (nSPS) is 10.9. The van der Waals surface area contributed by atoms with Gasteiger partial charge in [-0.15, -0.1) is 0 Å². The van der Waals surface area contributed by atoms with Crippen LogP contribution in [0.3, 0.4) is 0 Å². The lowest BCUT2D eigenvalue weighted by Gasteiger charge is -2.14. The van der Waals surface area contributed by atoms with Crippen LogP contribution in [0.2, 0.25) is 15.1 Å². The van der Waals surface area contributed by atoms with Crippen LogP contribution in [-0.4, -0.2) is 15.3 Å². The van der Waals surface area contributed by atoms with Crippen LogP contribution in [0.25, 0.3) is 5.65 Å². The van der Waals surface area contributed by atoms with E-state index >= 15 is 0 Å². The van der Waals surface area contributed by atoms with Crippen molar-refractivity contribution in [3.8, 4) is 5.75 Å². The van der Waals surface area contributed by atoms with Crippen molar-refractivity contribution in [1.29, 1.82) is 0 Å². The molecule has 0 fully saturated rings. The van der Waals surface area contributed by atoms with Gasteiger partial charge in [-0.05, 0) is 55.5 Å². The molecule has 0 saturated heterocycles. The Morgan fingerprint density at radius 2 is 1.87 bits per heavy atom. The Labute approximate surface area is 188 Å². The Balaban J connectivity index is 1.56. The van der Waals surface area contributed by atoms with E-state index in [4.69, 9.17) is 39.5 Å². The van der Waals surface area contributed by atoms with Crippen molar-refractivity contribution in [1.82, 2.24) is 9.38 Å². The molecular formula is C22H16Cl3N3O2. The van der Waals surface area contributed by atoms with E-state index in [1.165, 1.54) is 0 Å². The summed E-state index contributed by atoms with van der Waals surface area (Å²) < 4.78 is 7.84. The van der Waals surface area contributed by atoms with Crippen LogP contribution in [0.4, 0.5) is 5.69 Å². The van der Waals surface area contributed by atoms with E-state index in [0.717, 1.165) is 5.69 Å². The first-order valence-electron chi connectivity index (χ1n) is 9.03. The van der Waals surface area contributed by atoms with Gasteiger partial charge in [0.25, 0.3) is 5.91 Å². The number of pyridine rings is 1. The smallest absolute Gasteiger partial charge is 0.255 e. The molecular weight excluding hydrogens is 445 g/mol. The first kappa shape index (κ1) is 20.5. The Morgan fingerprint density at radius 1 is 1.10 bits per heavy atom. The molecule has 0 spiro atoms. The van der Waals surface area contributed by atoms with E-state index in [-0.39, 0.29) is 12.5 Å². The highest BCUT2D eigenvalue weighted by molar-refractivity contribution is 6.38. The first-order valence-corrected chi connectivity index (χ1v) is 10.2. The zero-order chi connectivity index (χ0) is 21.3. The molecule has 4 aromatic rings. The average Bonchev–Trinajstić information content (AvgIpc) is 3.11. The molecule has 0 unspecified atom stereocenters. The predicted molar refractivity (Wildman–Crippen MR) is 120 cm³/mol. The number of carbonyl (C=O) groups is 1. The summed E-state index contributed by atoms with van der Waals surface area (Å²) in [7, 11) is 0. The number of hydrogen-bond acceptors (Lipinski definition) is 3. The van der Waals surface area contributed by atoms with Gasteiger partial charge in [-0.2, -0.15) is 0 Å². The molecule has 1 amide bonds. The van der Waals surface area contributed by atoms with Gasteiger partial charge in [0.2, 0.25) is 0 Å². The van der Waals surface area contributed by atoms with Gasteiger partial charge in [0.15, 0.2) is 11.4 Å². The number of halogens is 3. The number of nitrogens with one attached hydrogen (secondary N) is 1. The van der Waals surface area contributed by atoms with Crippen LogP contribution in [0.15, 0.2) is 60.9 Å². The monoisotopic (exact) mass is 459 g/mol. The van der Waals surface area contributed by atoms with E-state index < -0.39 is 0 Å². The van der Waals surface area contributed by atoms with Gasteiger partial charge in [-0.1, -0.05) is 34.8 Å². The molecule has 0 aliphatic carbocycles. The SMILES string of the molecule is Cc1cn2cccc(OCc3c(Cl)ccc(NC(=O)c4ccc(Cl)cc4)c3Cl)c2n1.